The summed E-state index contributed by atoms with van der Waals surface area (Å²) >= 11 is 2.71. The number of thiazole rings is 2. The zero-order valence-corrected chi connectivity index (χ0v) is 20.1. The Morgan fingerprint density at radius 2 is 2.06 bits per heavy atom. The standard InChI is InChI=1S/C24H24N6O2S2/c1-26-23(32)30-24-29-21(25)20(34-24)22-28-18(12-33-22)16-3-2-4-17(11-16)27-19(31)8-7-15-10-13-5-6-14(15)9-13/h2-8,11-15H,9-10,25H2,1H3,(H,27,31)(H2,26,29,30,32)/b8-7+/t13-,14+,15?/m0/s1. The molecule has 3 aromatic rings. The van der Waals surface area contributed by atoms with Crippen LogP contribution in [0.5, 0.6) is 0 Å². The Labute approximate surface area is 205 Å². The summed E-state index contributed by atoms with van der Waals surface area (Å²) in [5.41, 5.74) is 8.42. The number of nitrogen functional groups attached to an aromatic ring is 1. The summed E-state index contributed by atoms with van der Waals surface area (Å²) in [4.78, 5) is 33.6. The van der Waals surface area contributed by atoms with Gasteiger partial charge in [0.25, 0.3) is 0 Å². The molecule has 2 aliphatic rings. The van der Waals surface area contributed by atoms with Crippen molar-refractivity contribution in [1.82, 2.24) is 15.3 Å². The van der Waals surface area contributed by atoms with Gasteiger partial charge in [-0.05, 0) is 48.8 Å². The number of rotatable bonds is 6. The molecule has 0 saturated heterocycles. The molecule has 2 heterocycles. The molecule has 3 atom stereocenters. The molecule has 5 rings (SSSR count). The topological polar surface area (TPSA) is 122 Å². The van der Waals surface area contributed by atoms with Crippen molar-refractivity contribution < 1.29 is 9.59 Å². The van der Waals surface area contributed by atoms with E-state index in [1.807, 2.05) is 35.7 Å². The van der Waals surface area contributed by atoms with Crippen molar-refractivity contribution in [3.8, 4) is 21.1 Å². The van der Waals surface area contributed by atoms with Crippen LogP contribution in [0.1, 0.15) is 12.8 Å². The van der Waals surface area contributed by atoms with Gasteiger partial charge < -0.3 is 16.4 Å². The highest BCUT2D eigenvalue weighted by atomic mass is 32.1. The van der Waals surface area contributed by atoms with Crippen molar-refractivity contribution >= 4 is 51.2 Å². The third-order valence-corrected chi connectivity index (χ3v) is 8.03. The van der Waals surface area contributed by atoms with Crippen LogP contribution >= 0.6 is 22.7 Å². The minimum absolute atomic E-state index is 0.128. The van der Waals surface area contributed by atoms with Gasteiger partial charge in [-0.3, -0.25) is 10.1 Å². The number of hydrogen-bond acceptors (Lipinski definition) is 7. The molecule has 0 aliphatic heterocycles. The van der Waals surface area contributed by atoms with Gasteiger partial charge in [-0.25, -0.2) is 14.8 Å². The Kier molecular flexibility index (Phi) is 6.16. The average Bonchev–Trinajstić information content (AvgIpc) is 3.62. The van der Waals surface area contributed by atoms with E-state index >= 15 is 0 Å². The van der Waals surface area contributed by atoms with E-state index < -0.39 is 0 Å². The van der Waals surface area contributed by atoms with E-state index in [1.54, 1.807) is 6.08 Å². The first-order chi connectivity index (χ1) is 16.5. The minimum Gasteiger partial charge on any atom is -0.382 e. The number of hydrogen-bond donors (Lipinski definition) is 4. The number of allylic oxidation sites excluding steroid dienone is 3. The predicted molar refractivity (Wildman–Crippen MR) is 138 cm³/mol. The molecule has 2 aliphatic carbocycles. The van der Waals surface area contributed by atoms with Gasteiger partial charge in [0.2, 0.25) is 5.91 Å². The van der Waals surface area contributed by atoms with Crippen molar-refractivity contribution in [2.45, 2.75) is 12.8 Å². The summed E-state index contributed by atoms with van der Waals surface area (Å²) < 4.78 is 0. The van der Waals surface area contributed by atoms with E-state index in [-0.39, 0.29) is 11.9 Å². The van der Waals surface area contributed by atoms with Crippen molar-refractivity contribution in [2.24, 2.45) is 17.8 Å². The Balaban J connectivity index is 1.26. The molecular formula is C24H24N6O2S2. The quantitative estimate of drug-likeness (QED) is 0.286. The molecule has 2 aromatic heterocycles. The molecule has 3 amide bonds. The van der Waals surface area contributed by atoms with Gasteiger partial charge in [-0.15, -0.1) is 11.3 Å². The number of amides is 3. The highest BCUT2D eigenvalue weighted by molar-refractivity contribution is 7.23. The second kappa shape index (κ2) is 9.40. The lowest BCUT2D eigenvalue weighted by Gasteiger charge is -2.12. The third-order valence-electron chi connectivity index (χ3n) is 6.05. The molecule has 10 heteroatoms. The van der Waals surface area contributed by atoms with E-state index in [0.717, 1.165) is 17.7 Å². The van der Waals surface area contributed by atoms with Crippen LogP contribution in [0.25, 0.3) is 21.1 Å². The van der Waals surface area contributed by atoms with E-state index in [9.17, 15) is 9.59 Å². The molecule has 1 aromatic carbocycles. The fourth-order valence-electron chi connectivity index (χ4n) is 4.40. The molecule has 34 heavy (non-hydrogen) atoms. The molecule has 174 valence electrons. The number of nitrogens with two attached hydrogens (primary N) is 1. The van der Waals surface area contributed by atoms with Crippen LogP contribution in [0.2, 0.25) is 0 Å². The van der Waals surface area contributed by atoms with Crippen molar-refractivity contribution in [2.75, 3.05) is 23.4 Å². The number of nitrogens with zero attached hydrogens (tertiary/aromatic N) is 2. The lowest BCUT2D eigenvalue weighted by molar-refractivity contribution is -0.111. The molecular weight excluding hydrogens is 468 g/mol. The zero-order valence-electron chi connectivity index (χ0n) is 18.4. The summed E-state index contributed by atoms with van der Waals surface area (Å²) in [6.45, 7) is 0. The number of carbonyl (C=O) groups excluding carboxylic acids is 2. The van der Waals surface area contributed by atoms with Crippen LogP contribution in [0.15, 0.2) is 53.9 Å². The Hall–Kier alpha value is -3.50. The number of urea groups is 1. The van der Waals surface area contributed by atoms with Gasteiger partial charge in [0, 0.05) is 23.7 Å². The summed E-state index contributed by atoms with van der Waals surface area (Å²) in [6, 6.07) is 7.24. The third kappa shape index (κ3) is 4.73. The largest absolute Gasteiger partial charge is 0.382 e. The number of benzene rings is 1. The van der Waals surface area contributed by atoms with Gasteiger partial charge in [0.15, 0.2) is 5.13 Å². The molecule has 0 spiro atoms. The summed E-state index contributed by atoms with van der Waals surface area (Å²) in [5.74, 6) is 1.92. The maximum atomic E-state index is 12.5. The Bertz CT molecular complexity index is 1290. The molecule has 0 radical (unpaired) electrons. The highest BCUT2D eigenvalue weighted by Crippen LogP contribution is 2.44. The zero-order chi connectivity index (χ0) is 23.7. The van der Waals surface area contributed by atoms with Crippen molar-refractivity contribution in [1.29, 1.82) is 0 Å². The van der Waals surface area contributed by atoms with Crippen LogP contribution in [-0.2, 0) is 4.79 Å². The number of anilines is 3. The van der Waals surface area contributed by atoms with Gasteiger partial charge >= 0.3 is 6.03 Å². The lowest BCUT2D eigenvalue weighted by Crippen LogP contribution is -2.24. The Morgan fingerprint density at radius 3 is 2.82 bits per heavy atom. The highest BCUT2D eigenvalue weighted by Gasteiger charge is 2.33. The molecule has 2 bridgehead atoms. The summed E-state index contributed by atoms with van der Waals surface area (Å²) in [5, 5.41) is 11.1. The molecule has 8 nitrogen and oxygen atoms in total. The monoisotopic (exact) mass is 492 g/mol. The first-order valence-electron chi connectivity index (χ1n) is 11.0. The molecule has 1 unspecified atom stereocenters. The Morgan fingerprint density at radius 1 is 1.18 bits per heavy atom. The van der Waals surface area contributed by atoms with Crippen molar-refractivity contribution in [3.05, 3.63) is 53.9 Å². The average molecular weight is 493 g/mol. The van der Waals surface area contributed by atoms with Crippen molar-refractivity contribution in [3.63, 3.8) is 0 Å². The minimum atomic E-state index is -0.360. The number of aromatic nitrogens is 2. The molecule has 1 saturated carbocycles. The van der Waals surface area contributed by atoms with E-state index in [2.05, 4.69) is 33.1 Å². The number of carbonyl (C=O) groups is 2. The molecule has 5 N–H and O–H groups in total. The second-order valence-electron chi connectivity index (χ2n) is 8.35. The number of fused-ring (bicyclic) bond motifs is 2. The van der Waals surface area contributed by atoms with E-state index in [4.69, 9.17) is 10.7 Å². The second-order valence-corrected chi connectivity index (χ2v) is 10.2. The smallest absolute Gasteiger partial charge is 0.320 e. The van der Waals surface area contributed by atoms with Gasteiger partial charge in [-0.1, -0.05) is 41.7 Å². The fraction of sp³-hybridized carbons (Fsp3) is 0.250. The summed E-state index contributed by atoms with van der Waals surface area (Å²) in [7, 11) is 1.53. The first-order valence-corrected chi connectivity index (χ1v) is 12.7. The summed E-state index contributed by atoms with van der Waals surface area (Å²) in [6.07, 6.45) is 10.6. The normalized spacial score (nSPS) is 20.7. The predicted octanol–water partition coefficient (Wildman–Crippen LogP) is 4.97. The van der Waals surface area contributed by atoms with Crippen LogP contribution in [0, 0.1) is 17.8 Å². The van der Waals surface area contributed by atoms with Crippen LogP contribution in [-0.4, -0.2) is 29.0 Å². The van der Waals surface area contributed by atoms with Gasteiger partial charge in [-0.2, -0.15) is 0 Å². The fourth-order valence-corrected chi connectivity index (χ4v) is 6.21. The van der Waals surface area contributed by atoms with Crippen LogP contribution < -0.4 is 21.7 Å². The van der Waals surface area contributed by atoms with Gasteiger partial charge in [0.1, 0.15) is 15.7 Å². The number of nitrogens with one attached hydrogen (secondary N) is 3. The van der Waals surface area contributed by atoms with Crippen LogP contribution in [0.4, 0.5) is 21.4 Å². The van der Waals surface area contributed by atoms with E-state index in [0.29, 0.717) is 44.3 Å². The molecule has 1 fully saturated rings. The maximum Gasteiger partial charge on any atom is 0.320 e. The maximum absolute atomic E-state index is 12.5. The van der Waals surface area contributed by atoms with Gasteiger partial charge in [0.05, 0.1) is 5.69 Å². The first kappa shape index (κ1) is 22.3. The van der Waals surface area contributed by atoms with E-state index in [1.165, 1.54) is 36.1 Å². The van der Waals surface area contributed by atoms with Crippen LogP contribution in [0.3, 0.4) is 0 Å². The SMILES string of the molecule is CNC(=O)Nc1nc(N)c(-c2nc(-c3cccc(NC(=O)/C=C/C4C[C@H]5C=C[C@@H]4C5)c3)cs2)s1. The lowest BCUT2D eigenvalue weighted by atomic mass is 9.93.